The SMILES string of the molecule is COc1cc(C=C2C(C)=C(CCC(=O)Cc3cnoc3)c3cc(F)ccc32)cc(OC)c1B(O)O. The van der Waals surface area contributed by atoms with Gasteiger partial charge in [0.1, 0.15) is 29.4 Å². The molecule has 0 fully saturated rings. The summed E-state index contributed by atoms with van der Waals surface area (Å²) in [6.45, 7) is 1.95. The second-order valence-corrected chi connectivity index (χ2v) is 8.31. The summed E-state index contributed by atoms with van der Waals surface area (Å²) in [6, 6.07) is 7.99. The third-order valence-electron chi connectivity index (χ3n) is 6.13. The Morgan fingerprint density at radius 2 is 1.86 bits per heavy atom. The molecule has 9 heteroatoms. The van der Waals surface area contributed by atoms with Gasteiger partial charge >= 0.3 is 7.12 Å². The summed E-state index contributed by atoms with van der Waals surface area (Å²) in [5, 5.41) is 23.1. The van der Waals surface area contributed by atoms with Crippen molar-refractivity contribution < 1.29 is 33.2 Å². The van der Waals surface area contributed by atoms with E-state index >= 15 is 0 Å². The molecule has 3 aromatic rings. The fraction of sp³-hybridized carbons (Fsp3) is 0.231. The van der Waals surface area contributed by atoms with E-state index in [2.05, 4.69) is 5.16 Å². The zero-order valence-corrected chi connectivity index (χ0v) is 19.7. The molecular weight excluding hydrogens is 452 g/mol. The molecule has 2 N–H and O–H groups in total. The number of rotatable bonds is 9. The normalized spacial score (nSPS) is 13.8. The van der Waals surface area contributed by atoms with E-state index in [9.17, 15) is 19.2 Å². The third kappa shape index (κ3) is 5.06. The number of halogens is 1. The van der Waals surface area contributed by atoms with E-state index in [0.29, 0.717) is 18.4 Å². The first kappa shape index (κ1) is 24.4. The number of benzene rings is 2. The van der Waals surface area contributed by atoms with Crippen LogP contribution in [0, 0.1) is 5.82 Å². The van der Waals surface area contributed by atoms with Crippen molar-refractivity contribution in [2.45, 2.75) is 26.2 Å². The van der Waals surface area contributed by atoms with Crippen molar-refractivity contribution in [1.29, 1.82) is 0 Å². The highest BCUT2D eigenvalue weighted by Crippen LogP contribution is 2.44. The lowest BCUT2D eigenvalue weighted by Crippen LogP contribution is -2.32. The first-order valence-corrected chi connectivity index (χ1v) is 11.1. The molecule has 1 aliphatic carbocycles. The number of ether oxygens (including phenoxy) is 2. The van der Waals surface area contributed by atoms with Gasteiger partial charge in [0.25, 0.3) is 0 Å². The molecule has 7 nitrogen and oxygen atoms in total. The van der Waals surface area contributed by atoms with Gasteiger partial charge in [-0.15, -0.1) is 0 Å². The molecule has 0 radical (unpaired) electrons. The summed E-state index contributed by atoms with van der Waals surface area (Å²) in [7, 11) is 1.11. The van der Waals surface area contributed by atoms with Crippen LogP contribution >= 0.6 is 0 Å². The lowest BCUT2D eigenvalue weighted by molar-refractivity contribution is -0.118. The molecule has 0 unspecified atom stereocenters. The molecule has 1 heterocycles. The van der Waals surface area contributed by atoms with E-state index in [1.165, 1.54) is 38.8 Å². The second kappa shape index (κ2) is 10.3. The minimum absolute atomic E-state index is 0.0384. The van der Waals surface area contributed by atoms with Crippen LogP contribution in [0.25, 0.3) is 17.2 Å². The van der Waals surface area contributed by atoms with Crippen molar-refractivity contribution in [2.24, 2.45) is 0 Å². The number of allylic oxidation sites excluding steroid dienone is 3. The van der Waals surface area contributed by atoms with Crippen LogP contribution in [-0.4, -0.2) is 42.3 Å². The Bertz CT molecular complexity index is 1290. The molecule has 0 amide bonds. The van der Waals surface area contributed by atoms with Crippen LogP contribution in [0.3, 0.4) is 0 Å². The van der Waals surface area contributed by atoms with Crippen LogP contribution < -0.4 is 14.9 Å². The fourth-order valence-electron chi connectivity index (χ4n) is 4.43. The Balaban J connectivity index is 1.71. The van der Waals surface area contributed by atoms with Gasteiger partial charge in [0.15, 0.2) is 0 Å². The number of carbonyl (C=O) groups is 1. The number of hydrogen-bond donors (Lipinski definition) is 2. The largest absolute Gasteiger partial charge is 0.497 e. The van der Waals surface area contributed by atoms with Crippen LogP contribution in [0.5, 0.6) is 11.5 Å². The van der Waals surface area contributed by atoms with Gasteiger partial charge in [-0.1, -0.05) is 11.2 Å². The van der Waals surface area contributed by atoms with Crippen molar-refractivity contribution in [3.63, 3.8) is 0 Å². The van der Waals surface area contributed by atoms with E-state index < -0.39 is 7.12 Å². The highest BCUT2D eigenvalue weighted by Gasteiger charge is 2.26. The van der Waals surface area contributed by atoms with Gasteiger partial charge in [-0.3, -0.25) is 4.79 Å². The number of carbonyl (C=O) groups excluding carboxylic acids is 1. The van der Waals surface area contributed by atoms with Gasteiger partial charge in [-0.25, -0.2) is 4.39 Å². The molecule has 2 aromatic carbocycles. The minimum Gasteiger partial charge on any atom is -0.497 e. The van der Waals surface area contributed by atoms with Gasteiger partial charge in [0, 0.05) is 18.4 Å². The highest BCUT2D eigenvalue weighted by molar-refractivity contribution is 6.61. The van der Waals surface area contributed by atoms with Crippen molar-refractivity contribution in [3.05, 3.63) is 76.4 Å². The quantitative estimate of drug-likeness (QED) is 0.456. The lowest BCUT2D eigenvalue weighted by Gasteiger charge is -2.14. The highest BCUT2D eigenvalue weighted by atomic mass is 19.1. The summed E-state index contributed by atoms with van der Waals surface area (Å²) >= 11 is 0. The maximum absolute atomic E-state index is 14.2. The predicted octanol–water partition coefficient (Wildman–Crippen LogP) is 3.43. The van der Waals surface area contributed by atoms with E-state index in [4.69, 9.17) is 14.0 Å². The third-order valence-corrected chi connectivity index (χ3v) is 6.13. The molecule has 0 saturated heterocycles. The van der Waals surface area contributed by atoms with Crippen molar-refractivity contribution in [1.82, 2.24) is 5.16 Å². The number of methoxy groups -OCH3 is 2. The molecule has 35 heavy (non-hydrogen) atoms. The van der Waals surface area contributed by atoms with Crippen molar-refractivity contribution in [2.75, 3.05) is 14.2 Å². The molecule has 0 saturated carbocycles. The maximum atomic E-state index is 14.2. The summed E-state index contributed by atoms with van der Waals surface area (Å²) in [5.41, 5.74) is 5.89. The van der Waals surface area contributed by atoms with Gasteiger partial charge in [0.2, 0.25) is 0 Å². The van der Waals surface area contributed by atoms with E-state index in [-0.39, 0.29) is 35.0 Å². The van der Waals surface area contributed by atoms with E-state index in [0.717, 1.165) is 33.4 Å². The summed E-state index contributed by atoms with van der Waals surface area (Å²) in [5.74, 6) is 0.224. The van der Waals surface area contributed by atoms with Crippen LogP contribution in [0.2, 0.25) is 0 Å². The number of Topliss-reactive ketones (excluding diaryl/α,β-unsaturated/α-hetero) is 1. The van der Waals surface area contributed by atoms with Gasteiger partial charge < -0.3 is 24.0 Å². The first-order chi connectivity index (χ1) is 16.8. The van der Waals surface area contributed by atoms with Crippen LogP contribution in [0.4, 0.5) is 4.39 Å². The Morgan fingerprint density at radius 3 is 2.46 bits per heavy atom. The lowest BCUT2D eigenvalue weighted by atomic mass is 9.78. The van der Waals surface area contributed by atoms with Gasteiger partial charge in [0.05, 0.1) is 25.9 Å². The molecule has 1 aliphatic rings. The molecule has 0 spiro atoms. The van der Waals surface area contributed by atoms with Gasteiger partial charge in [-0.2, -0.15) is 0 Å². The smallest absolute Gasteiger partial charge is 0.496 e. The molecule has 0 bridgehead atoms. The number of aromatic nitrogens is 1. The van der Waals surface area contributed by atoms with Crippen LogP contribution in [0.15, 0.2) is 52.9 Å². The van der Waals surface area contributed by atoms with E-state index in [1.807, 2.05) is 13.0 Å². The second-order valence-electron chi connectivity index (χ2n) is 8.31. The standard InChI is InChI=1S/C26H25BFNO6/c1-15-20(7-5-19(30)8-17-13-29-35-14-17)23-12-18(28)4-6-21(23)22(15)9-16-10-24(33-2)26(27(31)32)25(11-16)34-3/h4,6,9-14,31-32H,5,7-8H2,1-3H3. The summed E-state index contributed by atoms with van der Waals surface area (Å²) in [6.07, 6.45) is 5.88. The fourth-order valence-corrected chi connectivity index (χ4v) is 4.43. The molecule has 0 aliphatic heterocycles. The average molecular weight is 477 g/mol. The zero-order chi connectivity index (χ0) is 25.1. The molecule has 0 atom stereocenters. The first-order valence-electron chi connectivity index (χ1n) is 11.1. The number of fused-ring (bicyclic) bond motifs is 1. The molecule has 180 valence electrons. The van der Waals surface area contributed by atoms with Crippen LogP contribution in [0.1, 0.15) is 42.0 Å². The van der Waals surface area contributed by atoms with Crippen molar-refractivity contribution in [3.8, 4) is 11.5 Å². The molecular formula is C26H25BFNO6. The Kier molecular flexibility index (Phi) is 7.19. The topological polar surface area (TPSA) is 102 Å². The number of nitrogens with zero attached hydrogens (tertiary/aromatic N) is 1. The Labute approximate surface area is 202 Å². The number of hydrogen-bond acceptors (Lipinski definition) is 7. The average Bonchev–Trinajstić information content (AvgIpc) is 3.43. The molecule has 4 rings (SSSR count). The predicted molar refractivity (Wildman–Crippen MR) is 131 cm³/mol. The number of ketones is 1. The monoisotopic (exact) mass is 477 g/mol. The zero-order valence-electron chi connectivity index (χ0n) is 19.7. The Hall–Kier alpha value is -3.69. The van der Waals surface area contributed by atoms with Crippen LogP contribution in [-0.2, 0) is 11.2 Å². The Morgan fingerprint density at radius 1 is 1.14 bits per heavy atom. The van der Waals surface area contributed by atoms with E-state index in [1.54, 1.807) is 18.2 Å². The summed E-state index contributed by atoms with van der Waals surface area (Å²) < 4.78 is 29.7. The summed E-state index contributed by atoms with van der Waals surface area (Å²) in [4.78, 5) is 12.5. The minimum atomic E-state index is -1.76. The molecule has 1 aromatic heterocycles. The van der Waals surface area contributed by atoms with Gasteiger partial charge in [-0.05, 0) is 77.1 Å². The van der Waals surface area contributed by atoms with Crippen molar-refractivity contribution >= 4 is 35.6 Å². The maximum Gasteiger partial charge on any atom is 0.496 e.